The number of rotatable bonds is 7. The monoisotopic (exact) mass is 657 g/mol. The van der Waals surface area contributed by atoms with E-state index in [1.807, 2.05) is 124 Å². The Bertz CT molecular complexity index is 2000. The van der Waals surface area contributed by atoms with Crippen LogP contribution in [0.15, 0.2) is 115 Å². The highest BCUT2D eigenvalue weighted by Gasteiger charge is 2.63. The van der Waals surface area contributed by atoms with E-state index in [0.717, 1.165) is 27.7 Å². The Morgan fingerprint density at radius 3 is 2.12 bits per heavy atom. The first-order chi connectivity index (χ1) is 23.4. The number of carbonyl (C=O) groups excluding carboxylic acids is 2. The lowest BCUT2D eigenvalue weighted by Crippen LogP contribution is -2.61. The van der Waals surface area contributed by atoms with Crippen LogP contribution in [0.4, 0.5) is 10.5 Å². The molecule has 5 aromatic rings. The second-order valence-corrected chi connectivity index (χ2v) is 14.5. The molecule has 49 heavy (non-hydrogen) atoms. The molecule has 0 spiro atoms. The van der Waals surface area contributed by atoms with E-state index in [9.17, 15) is 9.90 Å². The van der Waals surface area contributed by atoms with Crippen LogP contribution in [-0.4, -0.2) is 56.7 Å². The highest BCUT2D eigenvalue weighted by Crippen LogP contribution is 2.53. The summed E-state index contributed by atoms with van der Waals surface area (Å²) in [5, 5.41) is 13.9. The third kappa shape index (κ3) is 5.59. The maximum atomic E-state index is 15.5. The van der Waals surface area contributed by atoms with Crippen molar-refractivity contribution in [1.29, 1.82) is 0 Å². The van der Waals surface area contributed by atoms with E-state index in [2.05, 4.69) is 16.7 Å². The van der Waals surface area contributed by atoms with Gasteiger partial charge in [0.15, 0.2) is 0 Å². The summed E-state index contributed by atoms with van der Waals surface area (Å²) in [5.41, 5.74) is 1.61. The van der Waals surface area contributed by atoms with Gasteiger partial charge < -0.3 is 24.0 Å². The Labute approximate surface area is 287 Å². The van der Waals surface area contributed by atoms with Gasteiger partial charge in [0, 0.05) is 34.9 Å². The fourth-order valence-electron chi connectivity index (χ4n) is 7.60. The molecular formula is C41H43N3O5. The molecule has 1 aromatic heterocycles. The molecular weight excluding hydrogens is 614 g/mol. The van der Waals surface area contributed by atoms with Crippen LogP contribution >= 0.6 is 0 Å². The predicted molar refractivity (Wildman–Crippen MR) is 190 cm³/mol. The summed E-state index contributed by atoms with van der Waals surface area (Å²) in [4.78, 5) is 32.7. The second-order valence-electron chi connectivity index (χ2n) is 14.5. The van der Waals surface area contributed by atoms with Crippen LogP contribution in [-0.2, 0) is 32.8 Å². The number of aliphatic hydroxyl groups excluding tert-OH is 1. The van der Waals surface area contributed by atoms with Gasteiger partial charge in [0.2, 0.25) is 5.91 Å². The fourth-order valence-corrected chi connectivity index (χ4v) is 7.60. The molecule has 3 heterocycles. The number of nitrogens with zero attached hydrogens (tertiary/aromatic N) is 3. The van der Waals surface area contributed by atoms with Gasteiger partial charge in [0.05, 0.1) is 25.3 Å². The molecule has 3 atom stereocenters. The minimum atomic E-state index is -1.60. The summed E-state index contributed by atoms with van der Waals surface area (Å²) in [6.07, 6.45) is -0.00634. The Kier molecular flexibility index (Phi) is 8.12. The van der Waals surface area contributed by atoms with Gasteiger partial charge in [-0.05, 0) is 63.4 Å². The Hall–Kier alpha value is -4.92. The third-order valence-electron chi connectivity index (χ3n) is 9.71. The van der Waals surface area contributed by atoms with Crippen molar-refractivity contribution < 1.29 is 24.2 Å². The molecule has 252 valence electrons. The lowest BCUT2D eigenvalue weighted by Gasteiger charge is -2.41. The summed E-state index contributed by atoms with van der Waals surface area (Å²) in [5.74, 6) is -0.262. The summed E-state index contributed by atoms with van der Waals surface area (Å²) < 4.78 is 14.2. The maximum absolute atomic E-state index is 15.5. The lowest BCUT2D eigenvalue weighted by atomic mass is 9.68. The highest BCUT2D eigenvalue weighted by atomic mass is 16.6. The molecule has 0 aliphatic carbocycles. The van der Waals surface area contributed by atoms with Gasteiger partial charge in [0.1, 0.15) is 16.7 Å². The molecule has 4 aromatic carbocycles. The van der Waals surface area contributed by atoms with Crippen molar-refractivity contribution in [3.05, 3.63) is 138 Å². The molecule has 2 aliphatic heterocycles. The molecule has 0 unspecified atom stereocenters. The van der Waals surface area contributed by atoms with Crippen molar-refractivity contribution >= 4 is 28.6 Å². The van der Waals surface area contributed by atoms with Crippen LogP contribution in [0.1, 0.15) is 56.9 Å². The zero-order valence-corrected chi connectivity index (χ0v) is 28.7. The van der Waals surface area contributed by atoms with Gasteiger partial charge in [-0.3, -0.25) is 9.69 Å². The third-order valence-corrected chi connectivity index (χ3v) is 9.71. The average Bonchev–Trinajstić information content (AvgIpc) is 3.68. The lowest BCUT2D eigenvalue weighted by molar-refractivity contribution is -0.127. The van der Waals surface area contributed by atoms with Crippen LogP contribution in [0.25, 0.3) is 10.9 Å². The van der Waals surface area contributed by atoms with Gasteiger partial charge in [0.25, 0.3) is 0 Å². The first kappa shape index (κ1) is 32.6. The molecule has 8 nitrogen and oxygen atoms in total. The average molecular weight is 658 g/mol. The number of carbonyl (C=O) groups is 2. The minimum absolute atomic E-state index is 0.0198. The number of ether oxygens (including phenoxy) is 2. The van der Waals surface area contributed by atoms with E-state index >= 15 is 4.79 Å². The second kappa shape index (κ2) is 12.2. The number of hydrogen-bond acceptors (Lipinski definition) is 5. The van der Waals surface area contributed by atoms with Gasteiger partial charge in [-0.1, -0.05) is 97.1 Å². The van der Waals surface area contributed by atoms with E-state index in [-0.39, 0.29) is 12.5 Å². The van der Waals surface area contributed by atoms with E-state index < -0.39 is 35.0 Å². The van der Waals surface area contributed by atoms with E-state index in [1.165, 1.54) is 4.90 Å². The van der Waals surface area contributed by atoms with Gasteiger partial charge >= 0.3 is 6.09 Å². The predicted octanol–water partition coefficient (Wildman–Crippen LogP) is 7.26. The van der Waals surface area contributed by atoms with E-state index in [0.29, 0.717) is 24.2 Å². The van der Waals surface area contributed by atoms with E-state index in [4.69, 9.17) is 9.47 Å². The van der Waals surface area contributed by atoms with Crippen molar-refractivity contribution in [1.82, 2.24) is 9.47 Å². The molecule has 2 aliphatic rings. The number of amides is 2. The number of anilines is 1. The summed E-state index contributed by atoms with van der Waals surface area (Å²) >= 11 is 0. The molecule has 0 bridgehead atoms. The first-order valence-electron chi connectivity index (χ1n) is 16.8. The number of benzene rings is 4. The van der Waals surface area contributed by atoms with Gasteiger partial charge in [-0.15, -0.1) is 0 Å². The van der Waals surface area contributed by atoms with Crippen LogP contribution in [0.2, 0.25) is 0 Å². The SMILES string of the molecule is CC(C)(C)OC(=O)N1[C@@H]([C@@H](O)[C@@]2(c3cn(Cc4ccccc4)c4ccccc34)C(=O)N(Cc3ccccc3)c3ccccc32)COC1(C)C. The van der Waals surface area contributed by atoms with Crippen molar-refractivity contribution in [2.45, 2.75) is 76.6 Å². The molecule has 7 rings (SSSR count). The number of para-hydroxylation sites is 2. The van der Waals surface area contributed by atoms with Gasteiger partial charge in [-0.25, -0.2) is 4.79 Å². The van der Waals surface area contributed by atoms with Crippen LogP contribution in [0.5, 0.6) is 0 Å². The van der Waals surface area contributed by atoms with E-state index in [1.54, 1.807) is 18.7 Å². The molecule has 1 fully saturated rings. The zero-order chi connectivity index (χ0) is 34.6. The topological polar surface area (TPSA) is 84.2 Å². The summed E-state index contributed by atoms with van der Waals surface area (Å²) in [7, 11) is 0. The highest BCUT2D eigenvalue weighted by molar-refractivity contribution is 6.13. The van der Waals surface area contributed by atoms with Crippen LogP contribution in [0, 0.1) is 0 Å². The van der Waals surface area contributed by atoms with Gasteiger partial charge in [-0.2, -0.15) is 0 Å². The molecule has 8 heteroatoms. The van der Waals surface area contributed by atoms with Crippen LogP contribution in [0.3, 0.4) is 0 Å². The Morgan fingerprint density at radius 2 is 1.45 bits per heavy atom. The smallest absolute Gasteiger partial charge is 0.412 e. The summed E-state index contributed by atoms with van der Waals surface area (Å²) in [6, 6.07) is 34.8. The molecule has 2 amide bonds. The zero-order valence-electron chi connectivity index (χ0n) is 28.7. The molecule has 1 saturated heterocycles. The Balaban J connectivity index is 1.46. The maximum Gasteiger partial charge on any atom is 0.412 e. The summed E-state index contributed by atoms with van der Waals surface area (Å²) in [6.45, 7) is 9.90. The number of fused-ring (bicyclic) bond motifs is 2. The largest absolute Gasteiger partial charge is 0.444 e. The normalized spacial score (nSPS) is 20.9. The quantitative estimate of drug-likeness (QED) is 0.199. The standard InChI is InChI=1S/C41H43N3O5/c1-39(2,3)49-38(47)44-35(27-48-40(44,4)5)36(45)41(31-21-13-15-23-34(31)43(37(41)46)25-29-18-10-7-11-19-29)32-26-42(24-28-16-8-6-9-17-28)33-22-14-12-20-30(32)33/h6-23,26,35-36,45H,24-25,27H2,1-5H3/t35-,36-,41-/m1/s1. The number of aromatic nitrogens is 1. The molecule has 0 radical (unpaired) electrons. The fraction of sp³-hybridized carbons (Fsp3) is 0.317. The number of hydrogen-bond donors (Lipinski definition) is 1. The van der Waals surface area contributed by atoms with Crippen molar-refractivity contribution in [2.24, 2.45) is 0 Å². The Morgan fingerprint density at radius 1 is 0.857 bits per heavy atom. The first-order valence-corrected chi connectivity index (χ1v) is 16.8. The van der Waals surface area contributed by atoms with Crippen molar-refractivity contribution in [2.75, 3.05) is 11.5 Å². The number of aliphatic hydroxyl groups is 1. The van der Waals surface area contributed by atoms with Crippen LogP contribution < -0.4 is 4.90 Å². The van der Waals surface area contributed by atoms with Crippen molar-refractivity contribution in [3.63, 3.8) is 0 Å². The minimum Gasteiger partial charge on any atom is -0.444 e. The molecule has 0 saturated carbocycles. The molecule has 1 N–H and O–H groups in total. The van der Waals surface area contributed by atoms with Crippen molar-refractivity contribution in [3.8, 4) is 0 Å².